The maximum atomic E-state index is 11.9. The van der Waals surface area contributed by atoms with E-state index in [-0.39, 0.29) is 29.3 Å². The molecule has 1 atom stereocenters. The molecule has 21 heavy (non-hydrogen) atoms. The summed E-state index contributed by atoms with van der Waals surface area (Å²) in [6.45, 7) is 3.70. The van der Waals surface area contributed by atoms with Gasteiger partial charge in [-0.1, -0.05) is 36.2 Å². The summed E-state index contributed by atoms with van der Waals surface area (Å²) in [6.07, 6.45) is 0.264. The molecule has 1 unspecified atom stereocenters. The predicted octanol–water partition coefficient (Wildman–Crippen LogP) is 3.93. The summed E-state index contributed by atoms with van der Waals surface area (Å²) in [5.41, 5.74) is 1.26. The number of amides is 1. The van der Waals surface area contributed by atoms with E-state index in [1.54, 1.807) is 12.1 Å². The van der Waals surface area contributed by atoms with Crippen molar-refractivity contribution in [2.45, 2.75) is 25.5 Å². The third-order valence-corrected chi connectivity index (χ3v) is 4.70. The molecule has 1 aromatic carbocycles. The van der Waals surface area contributed by atoms with Crippen LogP contribution in [0.5, 0.6) is 0 Å². The zero-order valence-electron chi connectivity index (χ0n) is 12.0. The van der Waals surface area contributed by atoms with Crippen molar-refractivity contribution in [2.24, 2.45) is 0 Å². The molecule has 0 fully saturated rings. The first-order chi connectivity index (χ1) is 9.85. The monoisotopic (exact) mass is 349 g/mol. The Balaban J connectivity index is 2.55. The highest BCUT2D eigenvalue weighted by Crippen LogP contribution is 2.33. The number of hydrogen-bond acceptors (Lipinski definition) is 4. The molecule has 0 aliphatic carbocycles. The Hall–Kier alpha value is -0.910. The smallest absolute Gasteiger partial charge is 0.306 e. The van der Waals surface area contributed by atoms with E-state index < -0.39 is 0 Å². The van der Waals surface area contributed by atoms with Gasteiger partial charge in [-0.05, 0) is 18.6 Å². The van der Waals surface area contributed by atoms with Gasteiger partial charge in [-0.25, -0.2) is 0 Å². The van der Waals surface area contributed by atoms with Crippen LogP contribution in [0.1, 0.15) is 18.9 Å². The van der Waals surface area contributed by atoms with Crippen molar-refractivity contribution in [3.8, 4) is 0 Å². The highest BCUT2D eigenvalue weighted by atomic mass is 35.5. The van der Waals surface area contributed by atoms with Crippen LogP contribution in [0.15, 0.2) is 12.1 Å². The van der Waals surface area contributed by atoms with Crippen molar-refractivity contribution in [3.63, 3.8) is 0 Å². The van der Waals surface area contributed by atoms with Gasteiger partial charge >= 0.3 is 5.97 Å². The van der Waals surface area contributed by atoms with E-state index >= 15 is 0 Å². The fourth-order valence-corrected chi connectivity index (χ4v) is 2.77. The fraction of sp³-hybridized carbons (Fsp3) is 0.429. The number of anilines is 1. The van der Waals surface area contributed by atoms with Gasteiger partial charge < -0.3 is 10.1 Å². The van der Waals surface area contributed by atoms with E-state index in [1.165, 1.54) is 18.9 Å². The Kier molecular flexibility index (Phi) is 7.35. The quantitative estimate of drug-likeness (QED) is 0.790. The Morgan fingerprint density at radius 3 is 2.67 bits per heavy atom. The molecule has 0 spiro atoms. The third-order valence-electron chi connectivity index (χ3n) is 2.73. The first kappa shape index (κ1) is 18.1. The summed E-state index contributed by atoms with van der Waals surface area (Å²) in [4.78, 5) is 23.0. The highest BCUT2D eigenvalue weighted by molar-refractivity contribution is 8.00. The zero-order valence-corrected chi connectivity index (χ0v) is 14.4. The Labute approximate surface area is 138 Å². The van der Waals surface area contributed by atoms with Crippen molar-refractivity contribution in [1.29, 1.82) is 0 Å². The van der Waals surface area contributed by atoms with Crippen LogP contribution in [0.2, 0.25) is 10.0 Å². The molecule has 0 bridgehead atoms. The normalized spacial score (nSPS) is 11.9. The van der Waals surface area contributed by atoms with Gasteiger partial charge in [-0.3, -0.25) is 9.59 Å². The van der Waals surface area contributed by atoms with Crippen molar-refractivity contribution in [2.75, 3.05) is 18.2 Å². The molecule has 116 valence electrons. The first-order valence-corrected chi connectivity index (χ1v) is 8.08. The van der Waals surface area contributed by atoms with E-state index in [0.717, 1.165) is 5.56 Å². The zero-order chi connectivity index (χ0) is 16.0. The number of rotatable bonds is 6. The topological polar surface area (TPSA) is 55.4 Å². The number of halogens is 2. The van der Waals surface area contributed by atoms with E-state index in [2.05, 4.69) is 10.1 Å². The number of carbonyl (C=O) groups excluding carboxylic acids is 2. The second kappa shape index (κ2) is 8.51. The van der Waals surface area contributed by atoms with Gasteiger partial charge in [-0.2, -0.15) is 0 Å². The number of thioether (sulfide) groups is 1. The van der Waals surface area contributed by atoms with Crippen LogP contribution >= 0.6 is 35.0 Å². The van der Waals surface area contributed by atoms with Gasteiger partial charge in [0, 0.05) is 5.25 Å². The second-order valence-corrected chi connectivity index (χ2v) is 6.72. The number of carbonyl (C=O) groups is 2. The van der Waals surface area contributed by atoms with E-state index in [9.17, 15) is 9.59 Å². The lowest BCUT2D eigenvalue weighted by Crippen LogP contribution is -2.18. The van der Waals surface area contributed by atoms with Gasteiger partial charge in [0.2, 0.25) is 5.91 Å². The number of nitrogens with one attached hydrogen (secondary N) is 1. The molecule has 1 rings (SSSR count). The summed E-state index contributed by atoms with van der Waals surface area (Å²) in [5.74, 6) is -0.301. The van der Waals surface area contributed by atoms with Crippen molar-refractivity contribution >= 4 is 52.5 Å². The first-order valence-electron chi connectivity index (χ1n) is 6.28. The SMILES string of the molecule is COC(=O)CC(C)SCC(=O)Nc1c(Cl)ccc(C)c1Cl. The van der Waals surface area contributed by atoms with Gasteiger partial charge in [0.1, 0.15) is 0 Å². The minimum absolute atomic E-state index is 0.00773. The Bertz CT molecular complexity index is 537. The molecule has 0 saturated carbocycles. The van der Waals surface area contributed by atoms with Crippen LogP contribution in [-0.4, -0.2) is 30.0 Å². The van der Waals surface area contributed by atoms with E-state index in [1.807, 2.05) is 13.8 Å². The molecule has 0 aromatic heterocycles. The average Bonchev–Trinajstić information content (AvgIpc) is 2.45. The average molecular weight is 350 g/mol. The fourth-order valence-electron chi connectivity index (χ4n) is 1.54. The molecule has 0 radical (unpaired) electrons. The van der Waals surface area contributed by atoms with Crippen molar-refractivity contribution < 1.29 is 14.3 Å². The number of ether oxygens (including phenoxy) is 1. The van der Waals surface area contributed by atoms with E-state index in [4.69, 9.17) is 23.2 Å². The molecule has 0 heterocycles. The number of aryl methyl sites for hydroxylation is 1. The number of benzene rings is 1. The van der Waals surface area contributed by atoms with Crippen molar-refractivity contribution in [1.82, 2.24) is 0 Å². The molecular weight excluding hydrogens is 333 g/mol. The van der Waals surface area contributed by atoms with Gasteiger partial charge in [0.15, 0.2) is 0 Å². The third kappa shape index (κ3) is 5.77. The summed E-state index contributed by atoms with van der Waals surface area (Å²) < 4.78 is 4.58. The maximum absolute atomic E-state index is 11.9. The predicted molar refractivity (Wildman–Crippen MR) is 88.4 cm³/mol. The molecular formula is C14H17Cl2NO3S. The lowest BCUT2D eigenvalue weighted by Gasteiger charge is -2.12. The molecule has 0 aliphatic rings. The van der Waals surface area contributed by atoms with Gasteiger partial charge in [0.25, 0.3) is 0 Å². The Morgan fingerprint density at radius 2 is 2.05 bits per heavy atom. The molecule has 0 aliphatic heterocycles. The molecule has 1 aromatic rings. The van der Waals surface area contributed by atoms with Crippen LogP contribution in [-0.2, 0) is 14.3 Å². The molecule has 1 amide bonds. The van der Waals surface area contributed by atoms with Crippen LogP contribution < -0.4 is 5.32 Å². The minimum atomic E-state index is -0.291. The lowest BCUT2D eigenvalue weighted by atomic mass is 10.2. The largest absolute Gasteiger partial charge is 0.469 e. The maximum Gasteiger partial charge on any atom is 0.306 e. The van der Waals surface area contributed by atoms with Crippen LogP contribution in [0.25, 0.3) is 0 Å². The molecule has 0 saturated heterocycles. The molecule has 4 nitrogen and oxygen atoms in total. The van der Waals surface area contributed by atoms with Crippen LogP contribution in [0.3, 0.4) is 0 Å². The van der Waals surface area contributed by atoms with Gasteiger partial charge in [-0.15, -0.1) is 11.8 Å². The number of esters is 1. The molecule has 1 N–H and O–H groups in total. The Morgan fingerprint density at radius 1 is 1.38 bits per heavy atom. The van der Waals surface area contributed by atoms with E-state index in [0.29, 0.717) is 15.7 Å². The summed E-state index contributed by atoms with van der Waals surface area (Å²) in [6, 6.07) is 3.47. The summed E-state index contributed by atoms with van der Waals surface area (Å²) >= 11 is 13.5. The number of hydrogen-bond donors (Lipinski definition) is 1. The van der Waals surface area contributed by atoms with Gasteiger partial charge in [0.05, 0.1) is 35.0 Å². The second-order valence-electron chi connectivity index (χ2n) is 4.50. The minimum Gasteiger partial charge on any atom is -0.469 e. The van der Waals surface area contributed by atoms with Crippen LogP contribution in [0, 0.1) is 6.92 Å². The molecule has 7 heteroatoms. The van der Waals surface area contributed by atoms with Crippen molar-refractivity contribution in [3.05, 3.63) is 27.7 Å². The summed E-state index contributed by atoms with van der Waals surface area (Å²) in [7, 11) is 1.34. The standard InChI is InChI=1S/C14H17Cl2NO3S/c1-8-4-5-10(15)14(13(8)16)17-11(18)7-21-9(2)6-12(19)20-3/h4-5,9H,6-7H2,1-3H3,(H,17,18). The number of methoxy groups -OCH3 is 1. The van der Waals surface area contributed by atoms with Crippen LogP contribution in [0.4, 0.5) is 5.69 Å². The highest BCUT2D eigenvalue weighted by Gasteiger charge is 2.14. The lowest BCUT2D eigenvalue weighted by molar-refractivity contribution is -0.140. The summed E-state index contributed by atoms with van der Waals surface area (Å²) in [5, 5.41) is 3.52.